The molecule has 1 atom stereocenters. The topological polar surface area (TPSA) is 64.3 Å². The average molecular weight is 182 g/mol. The molecule has 0 aromatic rings. The Morgan fingerprint density at radius 1 is 1.77 bits per heavy atom. The van der Waals surface area contributed by atoms with Crippen molar-refractivity contribution in [3.05, 3.63) is 0 Å². The Morgan fingerprint density at radius 3 is 3.00 bits per heavy atom. The van der Waals surface area contributed by atoms with E-state index in [9.17, 15) is 4.79 Å². The van der Waals surface area contributed by atoms with Crippen molar-refractivity contribution in [1.82, 2.24) is 4.90 Å². The normalized spacial score (nSPS) is 28.6. The molecule has 1 aliphatic rings. The molecule has 1 rings (SSSR count). The standard InChI is InChI=1S/C9H14N2O2/c1-9(8(12)13)4-2-6-11(9)7-3-5-10/h2-4,6-7H2,1H3,(H,12,13). The summed E-state index contributed by atoms with van der Waals surface area (Å²) in [6.45, 7) is 3.10. The first-order valence-corrected chi connectivity index (χ1v) is 4.46. The number of nitriles is 1. The average Bonchev–Trinajstić information content (AvgIpc) is 2.45. The van der Waals surface area contributed by atoms with Gasteiger partial charge in [0, 0.05) is 13.0 Å². The lowest BCUT2D eigenvalue weighted by Crippen LogP contribution is -2.48. The molecule has 0 aromatic heterocycles. The third-order valence-electron chi connectivity index (χ3n) is 2.74. The van der Waals surface area contributed by atoms with E-state index in [1.54, 1.807) is 6.92 Å². The van der Waals surface area contributed by atoms with Gasteiger partial charge in [0.05, 0.1) is 6.07 Å². The highest BCUT2D eigenvalue weighted by Crippen LogP contribution is 2.28. The molecule has 0 aliphatic carbocycles. The minimum absolute atomic E-state index is 0.406. The van der Waals surface area contributed by atoms with Crippen LogP contribution in [0.25, 0.3) is 0 Å². The molecule has 72 valence electrons. The van der Waals surface area contributed by atoms with Crippen LogP contribution in [0.5, 0.6) is 0 Å². The van der Waals surface area contributed by atoms with Gasteiger partial charge in [0.1, 0.15) is 5.54 Å². The summed E-state index contributed by atoms with van der Waals surface area (Å²) in [4.78, 5) is 12.9. The van der Waals surface area contributed by atoms with Gasteiger partial charge in [-0.05, 0) is 26.3 Å². The van der Waals surface area contributed by atoms with Crippen LogP contribution in [-0.2, 0) is 4.79 Å². The molecular formula is C9H14N2O2. The zero-order chi connectivity index (χ0) is 9.90. The summed E-state index contributed by atoms with van der Waals surface area (Å²) in [6, 6.07) is 2.04. The van der Waals surface area contributed by atoms with Crippen LogP contribution in [0.4, 0.5) is 0 Å². The summed E-state index contributed by atoms with van der Waals surface area (Å²) in [5.41, 5.74) is -0.739. The van der Waals surface area contributed by atoms with Crippen molar-refractivity contribution in [1.29, 1.82) is 5.26 Å². The predicted molar refractivity (Wildman–Crippen MR) is 47.1 cm³/mol. The van der Waals surface area contributed by atoms with Gasteiger partial charge >= 0.3 is 5.97 Å². The van der Waals surface area contributed by atoms with Crippen LogP contribution in [0, 0.1) is 11.3 Å². The van der Waals surface area contributed by atoms with E-state index < -0.39 is 11.5 Å². The molecule has 1 fully saturated rings. The summed E-state index contributed by atoms with van der Waals surface area (Å²) in [5, 5.41) is 17.4. The van der Waals surface area contributed by atoms with Crippen molar-refractivity contribution < 1.29 is 9.90 Å². The van der Waals surface area contributed by atoms with Crippen LogP contribution >= 0.6 is 0 Å². The second-order valence-corrected chi connectivity index (χ2v) is 3.58. The monoisotopic (exact) mass is 182 g/mol. The molecule has 4 heteroatoms. The van der Waals surface area contributed by atoms with Gasteiger partial charge in [0.2, 0.25) is 0 Å². The van der Waals surface area contributed by atoms with Crippen LogP contribution in [0.1, 0.15) is 26.2 Å². The molecule has 1 saturated heterocycles. The van der Waals surface area contributed by atoms with E-state index in [1.165, 1.54) is 0 Å². The Labute approximate surface area is 77.8 Å². The molecule has 1 N–H and O–H groups in total. The van der Waals surface area contributed by atoms with Crippen molar-refractivity contribution in [3.63, 3.8) is 0 Å². The third-order valence-corrected chi connectivity index (χ3v) is 2.74. The third kappa shape index (κ3) is 1.81. The van der Waals surface area contributed by atoms with Crippen LogP contribution < -0.4 is 0 Å². The number of hydrogen-bond acceptors (Lipinski definition) is 3. The zero-order valence-electron chi connectivity index (χ0n) is 7.79. The molecule has 0 aromatic carbocycles. The van der Waals surface area contributed by atoms with Crippen molar-refractivity contribution in [2.45, 2.75) is 31.7 Å². The van der Waals surface area contributed by atoms with Crippen molar-refractivity contribution in [2.75, 3.05) is 13.1 Å². The number of nitrogens with zero attached hydrogens (tertiary/aromatic N) is 2. The summed E-state index contributed by atoms with van der Waals surface area (Å²) >= 11 is 0. The second-order valence-electron chi connectivity index (χ2n) is 3.58. The van der Waals surface area contributed by atoms with Crippen LogP contribution in [0.2, 0.25) is 0 Å². The number of carbonyl (C=O) groups is 1. The summed E-state index contributed by atoms with van der Waals surface area (Å²) in [5.74, 6) is -0.775. The van der Waals surface area contributed by atoms with E-state index in [1.807, 2.05) is 11.0 Å². The van der Waals surface area contributed by atoms with E-state index in [-0.39, 0.29) is 0 Å². The number of hydrogen-bond donors (Lipinski definition) is 1. The van der Waals surface area contributed by atoms with Crippen molar-refractivity contribution >= 4 is 5.97 Å². The highest BCUT2D eigenvalue weighted by atomic mass is 16.4. The Morgan fingerprint density at radius 2 is 2.46 bits per heavy atom. The van der Waals surface area contributed by atoms with Gasteiger partial charge in [-0.1, -0.05) is 0 Å². The number of carboxylic acids is 1. The van der Waals surface area contributed by atoms with Gasteiger partial charge in [-0.15, -0.1) is 0 Å². The van der Waals surface area contributed by atoms with E-state index in [2.05, 4.69) is 0 Å². The molecule has 0 bridgehead atoms. The van der Waals surface area contributed by atoms with Crippen molar-refractivity contribution in [2.24, 2.45) is 0 Å². The molecule has 1 heterocycles. The first kappa shape index (κ1) is 10.0. The number of aliphatic carboxylic acids is 1. The maximum absolute atomic E-state index is 11.0. The Bertz CT molecular complexity index is 246. The van der Waals surface area contributed by atoms with E-state index in [0.717, 1.165) is 13.0 Å². The molecule has 0 amide bonds. The smallest absolute Gasteiger partial charge is 0.323 e. The van der Waals surface area contributed by atoms with Gasteiger partial charge in [0.25, 0.3) is 0 Å². The van der Waals surface area contributed by atoms with Gasteiger partial charge in [0.15, 0.2) is 0 Å². The predicted octanol–water partition coefficient (Wildman–Crippen LogP) is 0.839. The zero-order valence-corrected chi connectivity index (χ0v) is 7.79. The highest BCUT2D eigenvalue weighted by molar-refractivity contribution is 5.78. The van der Waals surface area contributed by atoms with Gasteiger partial charge in [-0.25, -0.2) is 0 Å². The van der Waals surface area contributed by atoms with Crippen LogP contribution in [0.15, 0.2) is 0 Å². The van der Waals surface area contributed by atoms with Crippen LogP contribution in [-0.4, -0.2) is 34.6 Å². The molecule has 4 nitrogen and oxygen atoms in total. The lowest BCUT2D eigenvalue weighted by atomic mass is 9.99. The number of carboxylic acid groups (broad SMARTS) is 1. The molecule has 1 unspecified atom stereocenters. The lowest BCUT2D eigenvalue weighted by molar-refractivity contribution is -0.148. The maximum Gasteiger partial charge on any atom is 0.323 e. The fraction of sp³-hybridized carbons (Fsp3) is 0.778. The number of rotatable bonds is 3. The molecular weight excluding hydrogens is 168 g/mol. The Balaban J connectivity index is 2.63. The molecule has 0 radical (unpaired) electrons. The molecule has 13 heavy (non-hydrogen) atoms. The van der Waals surface area contributed by atoms with E-state index in [4.69, 9.17) is 10.4 Å². The van der Waals surface area contributed by atoms with Crippen LogP contribution in [0.3, 0.4) is 0 Å². The van der Waals surface area contributed by atoms with Gasteiger partial charge in [-0.2, -0.15) is 5.26 Å². The summed E-state index contributed by atoms with van der Waals surface area (Å²) in [7, 11) is 0. The molecule has 0 saturated carbocycles. The first-order valence-electron chi connectivity index (χ1n) is 4.46. The highest BCUT2D eigenvalue weighted by Gasteiger charge is 2.42. The number of likely N-dealkylation sites (tertiary alicyclic amines) is 1. The molecule has 0 spiro atoms. The largest absolute Gasteiger partial charge is 0.480 e. The minimum Gasteiger partial charge on any atom is -0.480 e. The SMILES string of the molecule is CC1(C(=O)O)CCCN1CCC#N. The minimum atomic E-state index is -0.775. The first-order chi connectivity index (χ1) is 6.11. The van der Waals surface area contributed by atoms with E-state index in [0.29, 0.717) is 19.4 Å². The second kappa shape index (κ2) is 3.75. The molecule has 1 aliphatic heterocycles. The van der Waals surface area contributed by atoms with E-state index >= 15 is 0 Å². The summed E-state index contributed by atoms with van der Waals surface area (Å²) < 4.78 is 0. The Kier molecular flexibility index (Phi) is 2.89. The fourth-order valence-corrected chi connectivity index (χ4v) is 1.80. The van der Waals surface area contributed by atoms with Crippen molar-refractivity contribution in [3.8, 4) is 6.07 Å². The lowest BCUT2D eigenvalue weighted by Gasteiger charge is -2.30. The maximum atomic E-state index is 11.0. The van der Waals surface area contributed by atoms with Gasteiger partial charge < -0.3 is 5.11 Å². The quantitative estimate of drug-likeness (QED) is 0.702. The Hall–Kier alpha value is -1.08. The fourth-order valence-electron chi connectivity index (χ4n) is 1.80. The van der Waals surface area contributed by atoms with Gasteiger partial charge in [-0.3, -0.25) is 9.69 Å². The summed E-state index contributed by atoms with van der Waals surface area (Å²) in [6.07, 6.45) is 2.00.